The number of sulfonamides is 1. The molecule has 128 valence electrons. The Morgan fingerprint density at radius 1 is 1.04 bits per heavy atom. The number of hydrogen-bond donors (Lipinski definition) is 0. The first kappa shape index (κ1) is 16.9. The van der Waals surface area contributed by atoms with Crippen molar-refractivity contribution in [3.05, 3.63) is 28.8 Å². The zero-order valence-electron chi connectivity index (χ0n) is 14.0. The van der Waals surface area contributed by atoms with E-state index in [1.807, 2.05) is 32.9 Å². The summed E-state index contributed by atoms with van der Waals surface area (Å²) < 4.78 is 39.5. The molecule has 23 heavy (non-hydrogen) atoms. The lowest BCUT2D eigenvalue weighted by Gasteiger charge is -2.37. The molecule has 0 aromatic heterocycles. The highest BCUT2D eigenvalue weighted by atomic mass is 32.2. The van der Waals surface area contributed by atoms with Crippen molar-refractivity contribution < 1.29 is 17.9 Å². The van der Waals surface area contributed by atoms with Gasteiger partial charge in [0.15, 0.2) is 6.29 Å². The second-order valence-corrected chi connectivity index (χ2v) is 8.34. The van der Waals surface area contributed by atoms with Crippen LogP contribution in [-0.4, -0.2) is 44.8 Å². The van der Waals surface area contributed by atoms with Crippen molar-refractivity contribution in [1.29, 1.82) is 0 Å². The van der Waals surface area contributed by atoms with E-state index in [1.54, 1.807) is 4.31 Å². The molecule has 6 heteroatoms. The zero-order chi connectivity index (χ0) is 16.6. The monoisotopic (exact) mass is 339 g/mol. The summed E-state index contributed by atoms with van der Waals surface area (Å²) in [5.41, 5.74) is 2.69. The van der Waals surface area contributed by atoms with Crippen LogP contribution in [0.5, 0.6) is 0 Å². The van der Waals surface area contributed by atoms with E-state index in [4.69, 9.17) is 9.47 Å². The lowest BCUT2D eigenvalue weighted by Crippen LogP contribution is -2.50. The summed E-state index contributed by atoms with van der Waals surface area (Å²) in [4.78, 5) is 0.438. The van der Waals surface area contributed by atoms with Crippen LogP contribution < -0.4 is 0 Å². The molecule has 3 rings (SSSR count). The number of aryl methyl sites for hydroxylation is 3. The molecule has 0 N–H and O–H groups in total. The third kappa shape index (κ3) is 3.18. The maximum atomic E-state index is 13.3. The van der Waals surface area contributed by atoms with E-state index in [9.17, 15) is 8.42 Å². The summed E-state index contributed by atoms with van der Waals surface area (Å²) in [7, 11) is -3.55. The molecule has 2 fully saturated rings. The summed E-state index contributed by atoms with van der Waals surface area (Å²) in [6, 6.07) is 3.64. The SMILES string of the molecule is Cc1cc(C)c(S(=O)(=O)N2CCCCC2C2OCCO2)c(C)c1. The third-order valence-electron chi connectivity index (χ3n) is 4.63. The quantitative estimate of drug-likeness (QED) is 0.849. The molecule has 2 aliphatic rings. The average Bonchev–Trinajstić information content (AvgIpc) is 3.00. The van der Waals surface area contributed by atoms with Crippen LogP contribution in [0.4, 0.5) is 0 Å². The molecule has 2 aliphatic heterocycles. The number of rotatable bonds is 3. The van der Waals surface area contributed by atoms with Gasteiger partial charge in [0.2, 0.25) is 10.0 Å². The fourth-order valence-electron chi connectivity index (χ4n) is 3.79. The number of piperidine rings is 1. The molecule has 5 nitrogen and oxygen atoms in total. The molecule has 0 aliphatic carbocycles. The molecule has 0 spiro atoms. The molecule has 0 bridgehead atoms. The van der Waals surface area contributed by atoms with Gasteiger partial charge >= 0.3 is 0 Å². The van der Waals surface area contributed by atoms with Gasteiger partial charge < -0.3 is 9.47 Å². The summed E-state index contributed by atoms with van der Waals surface area (Å²) in [6.45, 7) is 7.33. The van der Waals surface area contributed by atoms with Gasteiger partial charge in [0, 0.05) is 6.54 Å². The minimum atomic E-state index is -3.55. The summed E-state index contributed by atoms with van der Waals surface area (Å²) in [5, 5.41) is 0. The zero-order valence-corrected chi connectivity index (χ0v) is 14.9. The molecule has 0 saturated carbocycles. The Kier molecular flexibility index (Phi) is 4.78. The van der Waals surface area contributed by atoms with Gasteiger partial charge in [-0.3, -0.25) is 0 Å². The Hall–Kier alpha value is -0.950. The first-order valence-electron chi connectivity index (χ1n) is 8.24. The number of nitrogens with zero attached hydrogens (tertiary/aromatic N) is 1. The van der Waals surface area contributed by atoms with E-state index in [2.05, 4.69) is 0 Å². The second kappa shape index (κ2) is 6.51. The predicted molar refractivity (Wildman–Crippen MR) is 87.9 cm³/mol. The van der Waals surface area contributed by atoms with Crippen LogP contribution in [-0.2, 0) is 19.5 Å². The Morgan fingerprint density at radius 2 is 1.65 bits per heavy atom. The van der Waals surface area contributed by atoms with Crippen LogP contribution in [0.2, 0.25) is 0 Å². The highest BCUT2D eigenvalue weighted by Crippen LogP contribution is 2.32. The van der Waals surface area contributed by atoms with Crippen molar-refractivity contribution >= 4 is 10.0 Å². The standard InChI is InChI=1S/C17H25NO4S/c1-12-10-13(2)16(14(3)11-12)23(19,20)18-7-5-4-6-15(18)17-21-8-9-22-17/h10-11,15,17H,4-9H2,1-3H3. The van der Waals surface area contributed by atoms with E-state index in [0.29, 0.717) is 24.7 Å². The maximum Gasteiger partial charge on any atom is 0.244 e. The molecule has 2 saturated heterocycles. The lowest BCUT2D eigenvalue weighted by atomic mass is 10.0. The van der Waals surface area contributed by atoms with Crippen molar-refractivity contribution in [3.8, 4) is 0 Å². The van der Waals surface area contributed by atoms with Gasteiger partial charge in [-0.2, -0.15) is 4.31 Å². The minimum absolute atomic E-state index is 0.226. The average molecular weight is 339 g/mol. The molecule has 1 atom stereocenters. The lowest BCUT2D eigenvalue weighted by molar-refractivity contribution is -0.0913. The highest BCUT2D eigenvalue weighted by Gasteiger charge is 2.41. The molecule has 0 amide bonds. The Morgan fingerprint density at radius 3 is 2.26 bits per heavy atom. The van der Waals surface area contributed by atoms with Crippen LogP contribution in [0, 0.1) is 20.8 Å². The van der Waals surface area contributed by atoms with Gasteiger partial charge in [0.1, 0.15) is 0 Å². The number of ether oxygens (including phenoxy) is 2. The molecule has 0 radical (unpaired) electrons. The topological polar surface area (TPSA) is 55.8 Å². The first-order chi connectivity index (χ1) is 10.9. The molecule has 1 aromatic rings. The van der Waals surface area contributed by atoms with Gasteiger partial charge in [-0.1, -0.05) is 24.1 Å². The van der Waals surface area contributed by atoms with Crippen molar-refractivity contribution in [2.24, 2.45) is 0 Å². The molecule has 1 unspecified atom stereocenters. The van der Waals surface area contributed by atoms with E-state index in [-0.39, 0.29) is 6.04 Å². The molecule has 2 heterocycles. The fourth-order valence-corrected chi connectivity index (χ4v) is 5.89. The van der Waals surface area contributed by atoms with Crippen LogP contribution in [0.1, 0.15) is 36.0 Å². The predicted octanol–water partition coefficient (Wildman–Crippen LogP) is 2.53. The van der Waals surface area contributed by atoms with Crippen molar-refractivity contribution in [1.82, 2.24) is 4.31 Å². The van der Waals surface area contributed by atoms with Gasteiger partial charge in [0.05, 0.1) is 24.2 Å². The highest BCUT2D eigenvalue weighted by molar-refractivity contribution is 7.89. The Labute approximate surface area is 138 Å². The minimum Gasteiger partial charge on any atom is -0.349 e. The van der Waals surface area contributed by atoms with Gasteiger partial charge in [0.25, 0.3) is 0 Å². The molecular weight excluding hydrogens is 314 g/mol. The summed E-state index contributed by atoms with van der Waals surface area (Å²) >= 11 is 0. The molecular formula is C17H25NO4S. The third-order valence-corrected chi connectivity index (χ3v) is 6.86. The van der Waals surface area contributed by atoms with Crippen molar-refractivity contribution in [2.45, 2.75) is 57.3 Å². The summed E-state index contributed by atoms with van der Waals surface area (Å²) in [5.74, 6) is 0. The van der Waals surface area contributed by atoms with Gasteiger partial charge in [-0.05, 0) is 44.7 Å². The van der Waals surface area contributed by atoms with Crippen LogP contribution >= 0.6 is 0 Å². The molecule has 1 aromatic carbocycles. The van der Waals surface area contributed by atoms with E-state index in [1.165, 1.54) is 0 Å². The van der Waals surface area contributed by atoms with Gasteiger partial charge in [-0.25, -0.2) is 8.42 Å². The maximum absolute atomic E-state index is 13.3. The van der Waals surface area contributed by atoms with Crippen LogP contribution in [0.15, 0.2) is 17.0 Å². The van der Waals surface area contributed by atoms with E-state index >= 15 is 0 Å². The number of hydrogen-bond acceptors (Lipinski definition) is 4. The Balaban J connectivity index is 2.00. The largest absolute Gasteiger partial charge is 0.349 e. The van der Waals surface area contributed by atoms with Crippen LogP contribution in [0.3, 0.4) is 0 Å². The smallest absolute Gasteiger partial charge is 0.244 e. The first-order valence-corrected chi connectivity index (χ1v) is 9.68. The van der Waals surface area contributed by atoms with Crippen LogP contribution in [0.25, 0.3) is 0 Å². The fraction of sp³-hybridized carbons (Fsp3) is 0.647. The Bertz CT molecular complexity index is 657. The van der Waals surface area contributed by atoms with Crippen molar-refractivity contribution in [2.75, 3.05) is 19.8 Å². The van der Waals surface area contributed by atoms with Crippen molar-refractivity contribution in [3.63, 3.8) is 0 Å². The second-order valence-electron chi connectivity index (χ2n) is 6.52. The van der Waals surface area contributed by atoms with E-state index < -0.39 is 16.3 Å². The van der Waals surface area contributed by atoms with E-state index in [0.717, 1.165) is 36.0 Å². The normalized spacial score (nSPS) is 24.2. The van der Waals surface area contributed by atoms with Gasteiger partial charge in [-0.15, -0.1) is 0 Å². The number of benzene rings is 1. The summed E-state index contributed by atoms with van der Waals surface area (Å²) in [6.07, 6.45) is 2.24.